The van der Waals surface area contributed by atoms with Crippen LogP contribution in [-0.4, -0.2) is 29.9 Å². The van der Waals surface area contributed by atoms with Gasteiger partial charge in [0.1, 0.15) is 0 Å². The van der Waals surface area contributed by atoms with Crippen LogP contribution in [0.15, 0.2) is 0 Å². The predicted molar refractivity (Wildman–Crippen MR) is 93.5 cm³/mol. The van der Waals surface area contributed by atoms with Gasteiger partial charge in [-0.3, -0.25) is 9.13 Å². The van der Waals surface area contributed by atoms with E-state index in [1.54, 1.807) is 41.5 Å². The normalized spacial score (nSPS) is 17.4. The molecule has 0 aromatic heterocycles. The quantitative estimate of drug-likeness (QED) is 0.481. The molecule has 0 saturated carbocycles. The fourth-order valence-electron chi connectivity index (χ4n) is 4.76. The molecule has 1 atom stereocenters. The molecule has 0 saturated heterocycles. The van der Waals surface area contributed by atoms with Gasteiger partial charge in [-0.05, 0) is 30.1 Å². The molecule has 140 valence electrons. The van der Waals surface area contributed by atoms with Gasteiger partial charge in [-0.15, -0.1) is 0 Å². The smallest absolute Gasteiger partial charge is 0.324 e. The first kappa shape index (κ1) is 23.3. The molecule has 0 radical (unpaired) electrons. The van der Waals surface area contributed by atoms with Crippen molar-refractivity contribution in [3.63, 3.8) is 0 Å². The van der Waals surface area contributed by atoms with Gasteiger partial charge in [0, 0.05) is 0 Å². The largest absolute Gasteiger partial charge is 0.333 e. The number of hydrogen-bond acceptors (Lipinski definition) is 2. The van der Waals surface area contributed by atoms with Crippen LogP contribution in [0, 0.1) is 23.7 Å². The Labute approximate surface area is 140 Å². The molecular weight excluding hydrogens is 338 g/mol. The molecule has 0 aromatic rings. The molecule has 0 aromatic carbocycles. The lowest BCUT2D eigenvalue weighted by molar-refractivity contribution is 0.112. The van der Waals surface area contributed by atoms with E-state index >= 15 is 0 Å². The molecule has 0 aliphatic carbocycles. The third-order valence-corrected chi connectivity index (χ3v) is 9.81. The molecule has 0 amide bonds. The lowest BCUT2D eigenvalue weighted by atomic mass is 9.66. The highest BCUT2D eigenvalue weighted by molar-refractivity contribution is 7.58. The van der Waals surface area contributed by atoms with Crippen molar-refractivity contribution in [2.75, 3.05) is 0 Å². The van der Waals surface area contributed by atoms with Gasteiger partial charge in [-0.25, -0.2) is 0 Å². The van der Waals surface area contributed by atoms with Crippen LogP contribution in [-0.2, 0) is 9.13 Å². The van der Waals surface area contributed by atoms with Gasteiger partial charge in [-0.2, -0.15) is 0 Å². The van der Waals surface area contributed by atoms with Gasteiger partial charge in [0.05, 0.1) is 10.3 Å². The third kappa shape index (κ3) is 3.63. The van der Waals surface area contributed by atoms with Gasteiger partial charge in [0.15, 0.2) is 0 Å². The zero-order valence-corrected chi connectivity index (χ0v) is 17.3. The van der Waals surface area contributed by atoms with E-state index in [9.17, 15) is 28.7 Å². The molecule has 0 rings (SSSR count). The van der Waals surface area contributed by atoms with Crippen LogP contribution >= 0.6 is 15.2 Å². The molecule has 0 aliphatic rings. The van der Waals surface area contributed by atoms with E-state index in [0.29, 0.717) is 0 Å². The Hall–Kier alpha value is 0.300. The number of rotatable bonds is 8. The summed E-state index contributed by atoms with van der Waals surface area (Å²) in [6.45, 7) is 13.5. The summed E-state index contributed by atoms with van der Waals surface area (Å²) in [5, 5.41) is -3.60. The van der Waals surface area contributed by atoms with Gasteiger partial charge in [0.2, 0.25) is 0 Å². The highest BCUT2D eigenvalue weighted by Crippen LogP contribution is 2.76. The average molecular weight is 372 g/mol. The molecule has 0 bridgehead atoms. The Balaban J connectivity index is 7.21. The Morgan fingerprint density at radius 3 is 1.17 bits per heavy atom. The van der Waals surface area contributed by atoms with Crippen LogP contribution in [0.2, 0.25) is 0 Å². The van der Waals surface area contributed by atoms with Gasteiger partial charge in [-0.1, -0.05) is 55.4 Å². The van der Waals surface area contributed by atoms with Crippen molar-refractivity contribution in [1.29, 1.82) is 0 Å². The number of hydrogen-bond donors (Lipinski definition) is 4. The van der Waals surface area contributed by atoms with Crippen LogP contribution in [0.5, 0.6) is 0 Å². The molecular formula is C15H34O6P2. The first-order chi connectivity index (χ1) is 10.00. The van der Waals surface area contributed by atoms with Gasteiger partial charge in [0.25, 0.3) is 0 Å². The maximum atomic E-state index is 12.7. The minimum Gasteiger partial charge on any atom is -0.324 e. The summed E-state index contributed by atoms with van der Waals surface area (Å²) in [6, 6.07) is 0. The second-order valence-electron chi connectivity index (χ2n) is 7.90. The summed E-state index contributed by atoms with van der Waals surface area (Å²) < 4.78 is 25.4. The van der Waals surface area contributed by atoms with Crippen molar-refractivity contribution in [2.24, 2.45) is 23.7 Å². The van der Waals surface area contributed by atoms with Crippen molar-refractivity contribution in [2.45, 2.75) is 72.1 Å². The minimum atomic E-state index is -4.84. The predicted octanol–water partition coefficient (Wildman–Crippen LogP) is 3.83. The maximum absolute atomic E-state index is 12.7. The Morgan fingerprint density at radius 2 is 1.04 bits per heavy atom. The zero-order chi connectivity index (χ0) is 19.0. The highest BCUT2D eigenvalue weighted by atomic mass is 31.2. The first-order valence-electron chi connectivity index (χ1n) is 8.11. The highest BCUT2D eigenvalue weighted by Gasteiger charge is 2.72. The minimum absolute atomic E-state index is 0.0520. The fraction of sp³-hybridized carbons (Fsp3) is 1.00. The molecule has 6 nitrogen and oxygen atoms in total. The van der Waals surface area contributed by atoms with Crippen molar-refractivity contribution in [1.82, 2.24) is 0 Å². The van der Waals surface area contributed by atoms with Crippen LogP contribution in [0.25, 0.3) is 0 Å². The molecule has 1 unspecified atom stereocenters. The summed E-state index contributed by atoms with van der Waals surface area (Å²) in [5.41, 5.74) is 0. The lowest BCUT2D eigenvalue weighted by Gasteiger charge is -2.57. The molecule has 8 heteroatoms. The SMILES string of the molecule is CC(C)CC(C(C)C)(C(C(C)C)(C(C)C)P(=O)(O)O)P(=O)(O)O. The molecule has 0 fully saturated rings. The Kier molecular flexibility index (Phi) is 7.37. The summed E-state index contributed by atoms with van der Waals surface area (Å²) >= 11 is 0. The monoisotopic (exact) mass is 372 g/mol. The van der Waals surface area contributed by atoms with Gasteiger partial charge >= 0.3 is 15.2 Å². The Morgan fingerprint density at radius 1 is 0.696 bits per heavy atom. The summed E-state index contributed by atoms with van der Waals surface area (Å²) in [5.74, 6) is -1.91. The van der Waals surface area contributed by atoms with E-state index in [2.05, 4.69) is 0 Å². The van der Waals surface area contributed by atoms with Crippen molar-refractivity contribution >= 4 is 15.2 Å². The standard InChI is InChI=1S/C15H34O6P2/c1-10(2)9-14(11(3)4,22(16,17)18)15(12(5)6,13(7)8)23(19,20)21/h10-13H,9H2,1-8H3,(H2,16,17,18)(H2,19,20,21). The lowest BCUT2D eigenvalue weighted by Crippen LogP contribution is -2.63. The topological polar surface area (TPSA) is 115 Å². The molecule has 0 aliphatic heterocycles. The molecule has 4 N–H and O–H groups in total. The van der Waals surface area contributed by atoms with Crippen LogP contribution in [0.3, 0.4) is 0 Å². The van der Waals surface area contributed by atoms with E-state index in [4.69, 9.17) is 0 Å². The molecule has 0 heterocycles. The van der Waals surface area contributed by atoms with Gasteiger partial charge < -0.3 is 19.6 Å². The van der Waals surface area contributed by atoms with Crippen molar-refractivity contribution in [3.05, 3.63) is 0 Å². The van der Waals surface area contributed by atoms with Crippen molar-refractivity contribution < 1.29 is 28.7 Å². The van der Waals surface area contributed by atoms with Crippen molar-refractivity contribution in [3.8, 4) is 0 Å². The second kappa shape index (κ2) is 7.27. The fourth-order valence-corrected chi connectivity index (χ4v) is 10.0. The van der Waals surface area contributed by atoms with E-state index in [0.717, 1.165) is 0 Å². The molecule has 23 heavy (non-hydrogen) atoms. The van der Waals surface area contributed by atoms with Crippen LogP contribution < -0.4 is 0 Å². The molecule has 0 spiro atoms. The Bertz CT molecular complexity index is 480. The van der Waals surface area contributed by atoms with E-state index in [1.165, 1.54) is 0 Å². The second-order valence-corrected chi connectivity index (χ2v) is 11.6. The summed E-state index contributed by atoms with van der Waals surface area (Å²) in [7, 11) is -9.67. The summed E-state index contributed by atoms with van der Waals surface area (Å²) in [6.07, 6.45) is 0.0520. The van der Waals surface area contributed by atoms with E-state index < -0.39 is 43.3 Å². The zero-order valence-electron chi connectivity index (χ0n) is 15.5. The third-order valence-electron chi connectivity index (χ3n) is 5.13. The first-order valence-corrected chi connectivity index (χ1v) is 11.3. The summed E-state index contributed by atoms with van der Waals surface area (Å²) in [4.78, 5) is 41.2. The maximum Gasteiger partial charge on any atom is 0.333 e. The van der Waals surface area contributed by atoms with Crippen LogP contribution in [0.4, 0.5) is 0 Å². The van der Waals surface area contributed by atoms with E-state index in [-0.39, 0.29) is 12.3 Å². The van der Waals surface area contributed by atoms with E-state index in [1.807, 2.05) is 13.8 Å². The average Bonchev–Trinajstić information content (AvgIpc) is 2.22. The van der Waals surface area contributed by atoms with Crippen LogP contribution in [0.1, 0.15) is 61.8 Å².